The molecule has 0 aromatic heterocycles. The summed E-state index contributed by atoms with van der Waals surface area (Å²) in [6.07, 6.45) is 1.05. The smallest absolute Gasteiger partial charge is 0.0253 e. The van der Waals surface area contributed by atoms with E-state index < -0.39 is 0 Å². The third kappa shape index (κ3) is 8.01. The second kappa shape index (κ2) is 12.8. The van der Waals surface area contributed by atoms with Gasteiger partial charge in [-0.2, -0.15) is 42.0 Å². The first kappa shape index (κ1) is 25.5. The quantitative estimate of drug-likeness (QED) is 0.244. The van der Waals surface area contributed by atoms with Crippen molar-refractivity contribution in [2.45, 2.75) is 33.4 Å². The molecule has 0 fully saturated rings. The van der Waals surface area contributed by atoms with Crippen LogP contribution in [0.4, 0.5) is 0 Å². The third-order valence-corrected chi connectivity index (χ3v) is 3.65. The minimum Gasteiger partial charge on any atom is -1.00 e. The Kier molecular flexibility index (Phi) is 12.5. The number of hydrogen-bond acceptors (Lipinski definition) is 0. The predicted octanol–water partition coefficient (Wildman–Crippen LogP) is -0.127. The number of fused-ring (bicyclic) bond motifs is 3. The summed E-state index contributed by atoms with van der Waals surface area (Å²) in [5.74, 6) is 0. The summed E-state index contributed by atoms with van der Waals surface area (Å²) >= 11 is 1.74. The van der Waals surface area contributed by atoms with Gasteiger partial charge in [0.1, 0.15) is 0 Å². The summed E-state index contributed by atoms with van der Waals surface area (Å²) in [4.78, 5) is 0. The summed E-state index contributed by atoms with van der Waals surface area (Å²) < 4.78 is 0. The average molecular weight is 479 g/mol. The summed E-state index contributed by atoms with van der Waals surface area (Å²) in [6.45, 7) is 8.87. The number of aryl methyl sites for hydroxylation is 2. The Morgan fingerprint density at radius 2 is 1.54 bits per heavy atom. The Bertz CT molecular complexity index is 740. The minimum absolute atomic E-state index is 0. The monoisotopic (exact) mass is 476 g/mol. The molecule has 4 heteroatoms. The molecule has 0 heterocycles. The molecule has 3 aromatic rings. The van der Waals surface area contributed by atoms with Gasteiger partial charge in [-0.25, -0.2) is 12.1 Å². The van der Waals surface area contributed by atoms with Crippen LogP contribution in [0.25, 0.3) is 11.1 Å². The van der Waals surface area contributed by atoms with E-state index in [0.717, 1.165) is 6.42 Å². The van der Waals surface area contributed by atoms with Crippen LogP contribution in [0.3, 0.4) is 0 Å². The summed E-state index contributed by atoms with van der Waals surface area (Å²) in [5.41, 5.74) is 8.36. The van der Waals surface area contributed by atoms with Crippen LogP contribution >= 0.6 is 0 Å². The minimum atomic E-state index is 0. The normalized spacial score (nSPS) is 9.77. The van der Waals surface area contributed by atoms with Crippen LogP contribution in [-0.2, 0) is 29.8 Å². The van der Waals surface area contributed by atoms with Gasteiger partial charge in [-0.15, -0.1) is 11.1 Å². The zero-order valence-corrected chi connectivity index (χ0v) is 20.7. The molecular weight excluding hydrogens is 454 g/mol. The molecule has 0 N–H and O–H groups in total. The van der Waals surface area contributed by atoms with Gasteiger partial charge in [0, 0.05) is 0 Å². The fourth-order valence-corrected chi connectivity index (χ4v) is 2.69. The largest absolute Gasteiger partial charge is 1.00 e. The Morgan fingerprint density at radius 3 is 2.08 bits per heavy atom. The van der Waals surface area contributed by atoms with Crippen molar-refractivity contribution in [3.05, 3.63) is 89.0 Å². The fourth-order valence-electron chi connectivity index (χ4n) is 2.69. The van der Waals surface area contributed by atoms with E-state index >= 15 is 0 Å². The van der Waals surface area contributed by atoms with Gasteiger partial charge < -0.3 is 24.8 Å². The van der Waals surface area contributed by atoms with Gasteiger partial charge >= 0.3 is 41.9 Å². The van der Waals surface area contributed by atoms with Gasteiger partial charge in [-0.3, -0.25) is 0 Å². The summed E-state index contributed by atoms with van der Waals surface area (Å²) in [7, 11) is 0. The first-order valence-corrected chi connectivity index (χ1v) is 14.5. The Balaban J connectivity index is 0.000000480. The van der Waals surface area contributed by atoms with Gasteiger partial charge in [0.15, 0.2) is 0 Å². The van der Waals surface area contributed by atoms with E-state index in [1.54, 1.807) is 23.3 Å². The van der Waals surface area contributed by atoms with Crippen molar-refractivity contribution in [1.29, 1.82) is 0 Å². The molecule has 3 aromatic carbocycles. The van der Waals surface area contributed by atoms with Crippen LogP contribution < -0.4 is 24.8 Å². The van der Waals surface area contributed by atoms with Crippen molar-refractivity contribution in [1.82, 2.24) is 0 Å². The molecule has 0 amide bonds. The van der Waals surface area contributed by atoms with Crippen LogP contribution in [0, 0.1) is 19.9 Å². The molecule has 0 radical (unpaired) electrons. The molecule has 0 atom stereocenters. The second-order valence-electron chi connectivity index (χ2n) is 6.33. The maximum atomic E-state index is 3.45. The first-order valence-electron chi connectivity index (χ1n) is 8.27. The topological polar surface area (TPSA) is 0 Å². The molecule has 26 heavy (non-hydrogen) atoms. The second-order valence-corrected chi connectivity index (χ2v) is 15.7. The van der Waals surface area contributed by atoms with E-state index in [4.69, 9.17) is 0 Å². The van der Waals surface area contributed by atoms with Crippen LogP contribution in [0.15, 0.2) is 60.7 Å². The van der Waals surface area contributed by atoms with E-state index in [1.165, 1.54) is 33.4 Å². The predicted molar refractivity (Wildman–Crippen MR) is 103 cm³/mol. The maximum absolute atomic E-state index is 3.45. The molecule has 0 bridgehead atoms. The zero-order valence-electron chi connectivity index (χ0n) is 15.7. The first-order chi connectivity index (χ1) is 11.5. The van der Waals surface area contributed by atoms with E-state index in [0.29, 0.717) is 0 Å². The molecule has 1 aliphatic rings. The summed E-state index contributed by atoms with van der Waals surface area (Å²) in [6, 6.07) is 24.5. The number of benzene rings is 2. The molecule has 136 valence electrons. The zero-order chi connectivity index (χ0) is 17.5. The maximum Gasteiger partial charge on any atom is -0.0253 e. The summed E-state index contributed by atoms with van der Waals surface area (Å²) in [5, 5.41) is 0. The molecule has 4 rings (SSSR count). The molecule has 0 unspecified atom stereocenters. The molecule has 0 nitrogen and oxygen atoms in total. The average Bonchev–Trinajstić information content (AvgIpc) is 3.16. The van der Waals surface area contributed by atoms with Crippen LogP contribution in [0.2, 0.25) is 13.1 Å². The number of halogens is 2. The van der Waals surface area contributed by atoms with Crippen molar-refractivity contribution in [2.75, 3.05) is 0 Å². The molecule has 0 spiro atoms. The number of hydrogen-bond donors (Lipinski definition) is 0. The van der Waals surface area contributed by atoms with Gasteiger partial charge in [-0.1, -0.05) is 36.2 Å². The van der Waals surface area contributed by atoms with Crippen molar-refractivity contribution >= 4 is 5.43 Å². The van der Waals surface area contributed by atoms with Crippen molar-refractivity contribution in [3.63, 3.8) is 0 Å². The molecular formula is C22H24Cl2SiZr-2. The van der Waals surface area contributed by atoms with E-state index in [9.17, 15) is 0 Å². The van der Waals surface area contributed by atoms with E-state index in [-0.39, 0.29) is 30.2 Å². The van der Waals surface area contributed by atoms with E-state index in [2.05, 4.69) is 63.3 Å². The Labute approximate surface area is 186 Å². The molecule has 1 aliphatic carbocycles. The molecule has 0 saturated carbocycles. The van der Waals surface area contributed by atoms with Crippen LogP contribution in [0.5, 0.6) is 0 Å². The standard InChI is InChI=1S/C15H13.C5H5.C2H6Si.2ClH.Zr/c1-10-3-5-14-12(7-10)9-13-8-11(2)4-6-15(13)14;1-2-4-5-3-1;1-3-2;;;/h3-7H,9H2,1-2H3;1-5H;1-2H3;2*1H;/q2*-1;;;;+2/p-2. The molecule has 0 aliphatic heterocycles. The number of rotatable bonds is 0. The van der Waals surface area contributed by atoms with Crippen molar-refractivity contribution in [3.8, 4) is 11.1 Å². The third-order valence-electron chi connectivity index (χ3n) is 3.65. The SMILES string of the molecule is C[Si](C)=[Zr+2].Cc1[c-]c2c(cc1)-c1ccc(C)cc1C2.[Cl-].[Cl-].c1cc[cH-]c1. The Hall–Kier alpha value is -0.530. The van der Waals surface area contributed by atoms with E-state index in [1.807, 2.05) is 30.3 Å². The Morgan fingerprint density at radius 1 is 0.962 bits per heavy atom. The van der Waals surface area contributed by atoms with Gasteiger partial charge in [0.2, 0.25) is 0 Å². The van der Waals surface area contributed by atoms with Crippen LogP contribution in [0.1, 0.15) is 22.3 Å². The molecule has 0 saturated heterocycles. The van der Waals surface area contributed by atoms with Crippen molar-refractivity contribution in [2.24, 2.45) is 0 Å². The van der Waals surface area contributed by atoms with Crippen LogP contribution in [-0.4, -0.2) is 5.43 Å². The van der Waals surface area contributed by atoms with Gasteiger partial charge in [0.25, 0.3) is 0 Å². The fraction of sp³-hybridized carbons (Fsp3) is 0.227. The van der Waals surface area contributed by atoms with Gasteiger partial charge in [-0.05, 0) is 18.9 Å². The van der Waals surface area contributed by atoms with Gasteiger partial charge in [0.05, 0.1) is 0 Å². The van der Waals surface area contributed by atoms with Crippen molar-refractivity contribution < 1.29 is 48.1 Å².